The molecule has 1 unspecified atom stereocenters. The molecule has 1 aromatic carbocycles. The monoisotopic (exact) mass is 423 g/mol. The second-order valence-corrected chi connectivity index (χ2v) is 8.13. The van der Waals surface area contributed by atoms with Crippen molar-refractivity contribution in [2.75, 3.05) is 13.2 Å². The molecule has 2 rings (SSSR count). The molecule has 0 N–H and O–H groups in total. The van der Waals surface area contributed by atoms with Crippen LogP contribution in [0.15, 0.2) is 18.2 Å². The van der Waals surface area contributed by atoms with Crippen LogP contribution in [0.25, 0.3) is 0 Å². The Morgan fingerprint density at radius 3 is 2.27 bits per heavy atom. The van der Waals surface area contributed by atoms with Crippen molar-refractivity contribution in [1.82, 2.24) is 4.90 Å². The highest BCUT2D eigenvalue weighted by Gasteiger charge is 2.36. The highest BCUT2D eigenvalue weighted by molar-refractivity contribution is 5.97. The van der Waals surface area contributed by atoms with Gasteiger partial charge in [-0.05, 0) is 31.4 Å². The Morgan fingerprint density at radius 1 is 1.00 bits per heavy atom. The van der Waals surface area contributed by atoms with Gasteiger partial charge in [-0.1, -0.05) is 64.7 Å². The van der Waals surface area contributed by atoms with E-state index in [1.165, 1.54) is 49.8 Å². The molecule has 6 heteroatoms. The van der Waals surface area contributed by atoms with Crippen molar-refractivity contribution >= 4 is 11.9 Å². The molecular weight excluding hydrogens is 388 g/mol. The summed E-state index contributed by atoms with van der Waals surface area (Å²) in [5.41, 5.74) is -0.217. The Labute approximate surface area is 179 Å². The molecule has 0 saturated carbocycles. The highest BCUT2D eigenvalue weighted by Crippen LogP contribution is 2.23. The number of benzene rings is 1. The molecule has 0 aliphatic carbocycles. The number of likely N-dealkylation sites (tertiary alicyclic amines) is 1. The van der Waals surface area contributed by atoms with Crippen LogP contribution in [0.4, 0.5) is 8.78 Å². The molecule has 1 heterocycles. The molecule has 1 amide bonds. The number of carbonyl (C=O) groups is 2. The van der Waals surface area contributed by atoms with E-state index in [0.29, 0.717) is 32.1 Å². The SMILES string of the molecule is CCCCCCCCCCCCOC(=O)C1CCCN1C(=O)c1ccc(F)cc1F. The number of rotatable bonds is 13. The van der Waals surface area contributed by atoms with E-state index in [2.05, 4.69) is 6.92 Å². The van der Waals surface area contributed by atoms with Crippen molar-refractivity contribution in [3.8, 4) is 0 Å². The summed E-state index contributed by atoms with van der Waals surface area (Å²) in [4.78, 5) is 26.4. The standard InChI is InChI=1S/C24H35F2NO3/c1-2-3-4-5-6-7-8-9-10-11-17-30-24(29)22-13-12-16-27(22)23(28)20-15-14-19(25)18-21(20)26/h14-15,18,22H,2-13,16-17H2,1H3. The maximum Gasteiger partial charge on any atom is 0.328 e. The van der Waals surface area contributed by atoms with Gasteiger partial charge in [0.2, 0.25) is 0 Å². The van der Waals surface area contributed by atoms with Crippen LogP contribution in [-0.4, -0.2) is 36.0 Å². The van der Waals surface area contributed by atoms with Gasteiger partial charge in [-0.25, -0.2) is 13.6 Å². The Kier molecular flexibility index (Phi) is 10.8. The van der Waals surface area contributed by atoms with Crippen molar-refractivity contribution in [3.63, 3.8) is 0 Å². The smallest absolute Gasteiger partial charge is 0.328 e. The molecule has 0 aromatic heterocycles. The number of amides is 1. The number of carbonyl (C=O) groups excluding carboxylic acids is 2. The van der Waals surface area contributed by atoms with Crippen molar-refractivity contribution in [3.05, 3.63) is 35.4 Å². The first-order chi connectivity index (χ1) is 14.5. The number of esters is 1. The summed E-state index contributed by atoms with van der Waals surface area (Å²) < 4.78 is 32.4. The van der Waals surface area contributed by atoms with Gasteiger partial charge in [-0.15, -0.1) is 0 Å². The quantitative estimate of drug-likeness (QED) is 0.287. The predicted octanol–water partition coefficient (Wildman–Crippen LogP) is 6.03. The van der Waals surface area contributed by atoms with Crippen molar-refractivity contribution in [2.24, 2.45) is 0 Å². The lowest BCUT2D eigenvalue weighted by molar-refractivity contribution is -0.148. The summed E-state index contributed by atoms with van der Waals surface area (Å²) >= 11 is 0. The number of nitrogens with zero attached hydrogens (tertiary/aromatic N) is 1. The molecule has 1 atom stereocenters. The maximum atomic E-state index is 13.9. The van der Waals surface area contributed by atoms with E-state index in [1.807, 2.05) is 0 Å². The fourth-order valence-electron chi connectivity index (χ4n) is 3.93. The fourth-order valence-corrected chi connectivity index (χ4v) is 3.93. The minimum absolute atomic E-state index is 0.217. The zero-order valence-electron chi connectivity index (χ0n) is 18.1. The molecule has 1 saturated heterocycles. The second kappa shape index (κ2) is 13.3. The topological polar surface area (TPSA) is 46.6 Å². The number of ether oxygens (including phenoxy) is 1. The van der Waals surface area contributed by atoms with Gasteiger partial charge in [0, 0.05) is 12.6 Å². The van der Waals surface area contributed by atoms with E-state index < -0.39 is 29.6 Å². The molecule has 30 heavy (non-hydrogen) atoms. The zero-order valence-corrected chi connectivity index (χ0v) is 18.1. The summed E-state index contributed by atoms with van der Waals surface area (Å²) in [7, 11) is 0. The van der Waals surface area contributed by atoms with Crippen LogP contribution in [0.5, 0.6) is 0 Å². The van der Waals surface area contributed by atoms with Crippen molar-refractivity contribution in [2.45, 2.75) is 90.0 Å². The van der Waals surface area contributed by atoms with Gasteiger partial charge in [0.05, 0.1) is 12.2 Å². The maximum absolute atomic E-state index is 13.9. The lowest BCUT2D eigenvalue weighted by Crippen LogP contribution is -2.41. The van der Waals surface area contributed by atoms with Crippen LogP contribution < -0.4 is 0 Å². The lowest BCUT2D eigenvalue weighted by atomic mass is 10.1. The van der Waals surface area contributed by atoms with Gasteiger partial charge in [0.1, 0.15) is 17.7 Å². The largest absolute Gasteiger partial charge is 0.464 e. The fraction of sp³-hybridized carbons (Fsp3) is 0.667. The van der Waals surface area contributed by atoms with E-state index in [9.17, 15) is 18.4 Å². The molecule has 0 radical (unpaired) electrons. The van der Waals surface area contributed by atoms with E-state index in [4.69, 9.17) is 4.74 Å². The average molecular weight is 424 g/mol. The second-order valence-electron chi connectivity index (χ2n) is 8.13. The van der Waals surface area contributed by atoms with Crippen LogP contribution in [0.2, 0.25) is 0 Å². The van der Waals surface area contributed by atoms with Crippen LogP contribution in [0.1, 0.15) is 94.3 Å². The van der Waals surface area contributed by atoms with Gasteiger partial charge in [0.15, 0.2) is 0 Å². The number of unbranched alkanes of at least 4 members (excludes halogenated alkanes) is 9. The zero-order chi connectivity index (χ0) is 21.8. The molecule has 168 valence electrons. The summed E-state index contributed by atoms with van der Waals surface area (Å²) in [5, 5.41) is 0. The van der Waals surface area contributed by atoms with Gasteiger partial charge >= 0.3 is 5.97 Å². The van der Waals surface area contributed by atoms with E-state index in [-0.39, 0.29) is 5.56 Å². The lowest BCUT2D eigenvalue weighted by Gasteiger charge is -2.23. The third-order valence-electron chi connectivity index (χ3n) is 5.69. The Balaban J connectivity index is 1.65. The first kappa shape index (κ1) is 24.3. The predicted molar refractivity (Wildman–Crippen MR) is 113 cm³/mol. The summed E-state index contributed by atoms with van der Waals surface area (Å²) in [6.45, 7) is 2.94. The number of halogens is 2. The van der Waals surface area contributed by atoms with Gasteiger partial charge in [-0.3, -0.25) is 4.79 Å². The van der Waals surface area contributed by atoms with Gasteiger partial charge in [0.25, 0.3) is 5.91 Å². The molecular formula is C24H35F2NO3. The molecule has 1 aromatic rings. The summed E-state index contributed by atoms with van der Waals surface area (Å²) in [5.74, 6) is -2.67. The summed E-state index contributed by atoms with van der Waals surface area (Å²) in [6.07, 6.45) is 13.2. The minimum atomic E-state index is -0.913. The third kappa shape index (κ3) is 7.69. The molecule has 1 aliphatic rings. The highest BCUT2D eigenvalue weighted by atomic mass is 19.1. The molecule has 1 fully saturated rings. The number of hydrogen-bond acceptors (Lipinski definition) is 3. The number of hydrogen-bond donors (Lipinski definition) is 0. The summed E-state index contributed by atoms with van der Waals surface area (Å²) in [6, 6.07) is 2.16. The van der Waals surface area contributed by atoms with E-state index >= 15 is 0 Å². The Bertz CT molecular complexity index is 680. The molecule has 0 spiro atoms. The molecule has 0 bridgehead atoms. The normalized spacial score (nSPS) is 16.1. The Morgan fingerprint density at radius 2 is 1.63 bits per heavy atom. The van der Waals surface area contributed by atoms with Gasteiger partial charge < -0.3 is 9.64 Å². The van der Waals surface area contributed by atoms with Crippen LogP contribution in [-0.2, 0) is 9.53 Å². The van der Waals surface area contributed by atoms with Crippen LogP contribution >= 0.6 is 0 Å². The third-order valence-corrected chi connectivity index (χ3v) is 5.69. The molecule has 1 aliphatic heterocycles. The Hall–Kier alpha value is -1.98. The van der Waals surface area contributed by atoms with Crippen LogP contribution in [0, 0.1) is 11.6 Å². The molecule has 4 nitrogen and oxygen atoms in total. The van der Waals surface area contributed by atoms with Crippen molar-refractivity contribution < 1.29 is 23.1 Å². The van der Waals surface area contributed by atoms with Gasteiger partial charge in [-0.2, -0.15) is 0 Å². The van der Waals surface area contributed by atoms with Crippen molar-refractivity contribution in [1.29, 1.82) is 0 Å². The average Bonchev–Trinajstić information content (AvgIpc) is 3.21. The first-order valence-corrected chi connectivity index (χ1v) is 11.5. The van der Waals surface area contributed by atoms with E-state index in [1.54, 1.807) is 0 Å². The first-order valence-electron chi connectivity index (χ1n) is 11.5. The minimum Gasteiger partial charge on any atom is -0.464 e. The van der Waals surface area contributed by atoms with Crippen LogP contribution in [0.3, 0.4) is 0 Å². The van der Waals surface area contributed by atoms with E-state index in [0.717, 1.165) is 31.4 Å².